The molecule has 0 aliphatic carbocycles. The van der Waals surface area contributed by atoms with E-state index in [-0.39, 0.29) is 0 Å². The van der Waals surface area contributed by atoms with Crippen molar-refractivity contribution in [3.63, 3.8) is 0 Å². The Morgan fingerprint density at radius 1 is 0.352 bits per heavy atom. The summed E-state index contributed by atoms with van der Waals surface area (Å²) >= 11 is 0. The van der Waals surface area contributed by atoms with Crippen LogP contribution in [-0.4, -0.2) is 19.1 Å². The number of hydrogen-bond donors (Lipinski definition) is 0. The van der Waals surface area contributed by atoms with E-state index in [0.717, 1.165) is 49.8 Å². The summed E-state index contributed by atoms with van der Waals surface area (Å²) in [6.45, 7) is 0. The van der Waals surface area contributed by atoms with Crippen molar-refractivity contribution < 1.29 is 0 Å². The van der Waals surface area contributed by atoms with Gasteiger partial charge in [0.25, 0.3) is 0 Å². The van der Waals surface area contributed by atoms with Gasteiger partial charge in [-0.15, -0.1) is 0 Å². The summed E-state index contributed by atoms with van der Waals surface area (Å²) in [6, 6.07) is 63.4. The Kier molecular flexibility index (Phi) is 6.02. The highest BCUT2D eigenvalue weighted by Gasteiger charge is 2.21. The largest absolute Gasteiger partial charge is 0.307 e. The van der Waals surface area contributed by atoms with E-state index < -0.39 is 0 Å². The molecule has 0 aliphatic heterocycles. The van der Waals surface area contributed by atoms with Crippen molar-refractivity contribution in [2.24, 2.45) is 0 Å². The molecule has 12 aromatic rings. The summed E-state index contributed by atoms with van der Waals surface area (Å²) in [5, 5.41) is 12.0. The summed E-state index contributed by atoms with van der Waals surface area (Å²) in [7, 11) is 0. The van der Waals surface area contributed by atoms with Gasteiger partial charge in [0.15, 0.2) is 0 Å². The van der Waals surface area contributed by atoms with Gasteiger partial charge < -0.3 is 9.13 Å². The minimum Gasteiger partial charge on any atom is -0.307 e. The third kappa shape index (κ3) is 4.08. The first-order valence-corrected chi connectivity index (χ1v) is 18.4. The molecule has 12 rings (SSSR count). The molecular formula is C50H30N4. The molecule has 9 aromatic carbocycles. The predicted octanol–water partition coefficient (Wildman–Crippen LogP) is 13.0. The van der Waals surface area contributed by atoms with Crippen LogP contribution in [0.25, 0.3) is 110 Å². The van der Waals surface area contributed by atoms with Gasteiger partial charge in [-0.2, -0.15) is 0 Å². The monoisotopic (exact) mass is 686 g/mol. The van der Waals surface area contributed by atoms with Crippen molar-refractivity contribution in [2.45, 2.75) is 0 Å². The van der Waals surface area contributed by atoms with Crippen molar-refractivity contribution in [3.8, 4) is 22.6 Å². The van der Waals surface area contributed by atoms with Crippen molar-refractivity contribution in [3.05, 3.63) is 182 Å². The first-order chi connectivity index (χ1) is 26.8. The van der Waals surface area contributed by atoms with Gasteiger partial charge in [0, 0.05) is 49.3 Å². The molecule has 0 bridgehead atoms. The Bertz CT molecular complexity index is 3460. The molecule has 0 unspecified atom stereocenters. The Morgan fingerprint density at radius 2 is 0.870 bits per heavy atom. The normalized spacial score (nSPS) is 12.1. The minimum atomic E-state index is 0.868. The Labute approximate surface area is 309 Å². The quantitative estimate of drug-likeness (QED) is 0.173. The van der Waals surface area contributed by atoms with E-state index in [1.165, 1.54) is 59.8 Å². The molecule has 0 radical (unpaired) electrons. The number of benzene rings is 9. The molecule has 54 heavy (non-hydrogen) atoms. The molecule has 0 atom stereocenters. The summed E-state index contributed by atoms with van der Waals surface area (Å²) in [5.41, 5.74) is 10.9. The number of rotatable bonds is 3. The van der Waals surface area contributed by atoms with E-state index in [0.29, 0.717) is 0 Å². The van der Waals surface area contributed by atoms with Gasteiger partial charge in [-0.1, -0.05) is 133 Å². The van der Waals surface area contributed by atoms with Crippen LogP contribution in [0.1, 0.15) is 0 Å². The fourth-order valence-electron chi connectivity index (χ4n) is 8.91. The maximum Gasteiger partial charge on any atom is 0.0979 e. The van der Waals surface area contributed by atoms with E-state index in [1.807, 2.05) is 6.20 Å². The van der Waals surface area contributed by atoms with Crippen LogP contribution in [0, 0.1) is 0 Å². The van der Waals surface area contributed by atoms with Crippen molar-refractivity contribution in [1.29, 1.82) is 0 Å². The fourth-order valence-corrected chi connectivity index (χ4v) is 8.91. The lowest BCUT2D eigenvalue weighted by atomic mass is 9.99. The second-order valence-electron chi connectivity index (χ2n) is 14.2. The molecule has 250 valence electrons. The van der Waals surface area contributed by atoms with Gasteiger partial charge in [-0.25, -0.2) is 4.98 Å². The molecule has 0 saturated carbocycles. The first kappa shape index (κ1) is 29.3. The second kappa shape index (κ2) is 11.1. The highest BCUT2D eigenvalue weighted by molar-refractivity contribution is 6.25. The van der Waals surface area contributed by atoms with Gasteiger partial charge in [-0.3, -0.25) is 4.98 Å². The van der Waals surface area contributed by atoms with E-state index in [1.54, 1.807) is 0 Å². The van der Waals surface area contributed by atoms with Gasteiger partial charge in [0.2, 0.25) is 0 Å². The van der Waals surface area contributed by atoms with E-state index >= 15 is 0 Å². The molecule has 3 heterocycles. The van der Waals surface area contributed by atoms with Crippen LogP contribution >= 0.6 is 0 Å². The Balaban J connectivity index is 1.07. The van der Waals surface area contributed by atoms with Crippen LogP contribution in [0.5, 0.6) is 0 Å². The zero-order chi connectivity index (χ0) is 35.3. The maximum atomic E-state index is 5.27. The van der Waals surface area contributed by atoms with E-state index in [9.17, 15) is 0 Å². The summed E-state index contributed by atoms with van der Waals surface area (Å²) in [5.74, 6) is 0. The number of nitrogens with zero attached hydrogens (tertiary/aromatic N) is 4. The standard InChI is InChI=1S/C50H30N4/c1-2-12-34(13-3-1)53-45-20-10-8-16-38(45)42-26-27-43-39-17-9-11-21-46(39)54(50(43)49(42)53)35-25-24-31-28-33(23-22-32(31)29-35)44-30-51-47-40-18-6-4-14-36(40)37-15-5-7-19-41(37)48(47)52-44/h1-30H. The number of fused-ring (bicyclic) bond motifs is 14. The lowest BCUT2D eigenvalue weighted by Gasteiger charge is -2.13. The zero-order valence-electron chi connectivity index (χ0n) is 29.1. The van der Waals surface area contributed by atoms with Crippen LogP contribution < -0.4 is 0 Å². The molecule has 0 aliphatic rings. The van der Waals surface area contributed by atoms with Crippen molar-refractivity contribution >= 4 is 87.0 Å². The molecular weight excluding hydrogens is 657 g/mol. The summed E-state index contributed by atoms with van der Waals surface area (Å²) < 4.78 is 4.90. The van der Waals surface area contributed by atoms with Gasteiger partial charge in [0.05, 0.1) is 45.0 Å². The molecule has 0 spiro atoms. The molecule has 0 fully saturated rings. The molecule has 0 saturated heterocycles. The van der Waals surface area contributed by atoms with Crippen LogP contribution in [0.4, 0.5) is 0 Å². The average Bonchev–Trinajstić information content (AvgIpc) is 3.77. The molecule has 0 N–H and O–H groups in total. The van der Waals surface area contributed by atoms with Crippen molar-refractivity contribution in [2.75, 3.05) is 0 Å². The topological polar surface area (TPSA) is 35.6 Å². The summed E-state index contributed by atoms with van der Waals surface area (Å²) in [6.07, 6.45) is 1.92. The van der Waals surface area contributed by atoms with Crippen LogP contribution in [-0.2, 0) is 0 Å². The van der Waals surface area contributed by atoms with Crippen LogP contribution in [0.15, 0.2) is 182 Å². The minimum absolute atomic E-state index is 0.868. The maximum absolute atomic E-state index is 5.27. The van der Waals surface area contributed by atoms with Crippen LogP contribution in [0.2, 0.25) is 0 Å². The average molecular weight is 687 g/mol. The van der Waals surface area contributed by atoms with Crippen molar-refractivity contribution in [1.82, 2.24) is 19.1 Å². The Morgan fingerprint density at radius 3 is 1.54 bits per heavy atom. The van der Waals surface area contributed by atoms with Crippen LogP contribution in [0.3, 0.4) is 0 Å². The molecule has 0 amide bonds. The number of para-hydroxylation sites is 3. The lowest BCUT2D eigenvalue weighted by molar-refractivity contribution is 1.15. The first-order valence-electron chi connectivity index (χ1n) is 18.4. The van der Waals surface area contributed by atoms with Gasteiger partial charge >= 0.3 is 0 Å². The Hall–Kier alpha value is -7.30. The predicted molar refractivity (Wildman–Crippen MR) is 226 cm³/mol. The zero-order valence-corrected chi connectivity index (χ0v) is 29.1. The molecule has 4 heteroatoms. The second-order valence-corrected chi connectivity index (χ2v) is 14.2. The van der Waals surface area contributed by atoms with Gasteiger partial charge in [0.1, 0.15) is 0 Å². The highest BCUT2D eigenvalue weighted by Crippen LogP contribution is 2.42. The van der Waals surface area contributed by atoms with E-state index in [2.05, 4.69) is 185 Å². The number of hydrogen-bond acceptors (Lipinski definition) is 2. The summed E-state index contributed by atoms with van der Waals surface area (Å²) in [4.78, 5) is 10.3. The fraction of sp³-hybridized carbons (Fsp3) is 0. The highest BCUT2D eigenvalue weighted by atomic mass is 15.0. The van der Waals surface area contributed by atoms with E-state index in [4.69, 9.17) is 9.97 Å². The molecule has 3 aromatic heterocycles. The molecule has 4 nitrogen and oxygen atoms in total. The third-order valence-corrected chi connectivity index (χ3v) is 11.3. The SMILES string of the molecule is c1ccc(-n2c3ccccc3c3ccc4c5ccccc5n(-c5ccc6cc(-c7cnc8c9ccccc9c9ccccc9c8n7)ccc6c5)c4c32)cc1. The van der Waals surface area contributed by atoms with Gasteiger partial charge in [-0.05, 0) is 64.0 Å². The third-order valence-electron chi connectivity index (χ3n) is 11.3. The lowest BCUT2D eigenvalue weighted by Crippen LogP contribution is -1.98. The number of aromatic nitrogens is 4. The smallest absolute Gasteiger partial charge is 0.0979 e.